The van der Waals surface area contributed by atoms with Crippen LogP contribution >= 0.6 is 0 Å². The van der Waals surface area contributed by atoms with Gasteiger partial charge in [-0.1, -0.05) is 18.2 Å². The number of aromatic hydroxyl groups is 1. The monoisotopic (exact) mass is 279 g/mol. The van der Waals surface area contributed by atoms with E-state index >= 15 is 0 Å². The largest absolute Gasteiger partial charge is 0.508 e. The maximum Gasteiger partial charge on any atom is 0.129 e. The van der Waals surface area contributed by atoms with E-state index in [2.05, 4.69) is 5.32 Å². The third-order valence-corrected chi connectivity index (χ3v) is 2.96. The second-order valence-corrected chi connectivity index (χ2v) is 4.44. The maximum atomic E-state index is 13.4. The van der Waals surface area contributed by atoms with Gasteiger partial charge < -0.3 is 15.5 Å². The molecule has 1 unspecified atom stereocenters. The molecule has 20 heavy (non-hydrogen) atoms. The quantitative estimate of drug-likeness (QED) is 0.788. The molecule has 0 amide bonds. The van der Waals surface area contributed by atoms with Crippen molar-refractivity contribution in [3.63, 3.8) is 0 Å². The van der Waals surface area contributed by atoms with Crippen LogP contribution in [0, 0.1) is 11.6 Å². The van der Waals surface area contributed by atoms with Gasteiger partial charge >= 0.3 is 0 Å². The number of phenolic OH excluding ortho intramolecular Hbond substituents is 1. The van der Waals surface area contributed by atoms with Crippen molar-refractivity contribution in [3.05, 3.63) is 65.2 Å². The van der Waals surface area contributed by atoms with Crippen LogP contribution in [0.3, 0.4) is 0 Å². The maximum absolute atomic E-state index is 13.4. The zero-order valence-electron chi connectivity index (χ0n) is 10.7. The van der Waals surface area contributed by atoms with Crippen LogP contribution in [0.1, 0.15) is 17.2 Å². The predicted molar refractivity (Wildman–Crippen MR) is 71.1 cm³/mol. The number of aliphatic hydroxyl groups excluding tert-OH is 1. The fourth-order valence-electron chi connectivity index (χ4n) is 1.88. The molecule has 106 valence electrons. The first-order valence-corrected chi connectivity index (χ1v) is 6.18. The summed E-state index contributed by atoms with van der Waals surface area (Å²) in [5, 5.41) is 22.3. The van der Waals surface area contributed by atoms with Crippen LogP contribution in [-0.2, 0) is 6.54 Å². The summed E-state index contributed by atoms with van der Waals surface area (Å²) in [4.78, 5) is 0. The van der Waals surface area contributed by atoms with Crippen LogP contribution in [0.25, 0.3) is 0 Å². The zero-order chi connectivity index (χ0) is 14.5. The molecule has 0 radical (unpaired) electrons. The standard InChI is InChI=1S/C15H15F2NO2/c16-11-5-6-13(17)12(7-11)15(20)9-18-8-10-3-1-2-4-14(10)19/h1-7,15,18-20H,8-9H2. The average Bonchev–Trinajstić information content (AvgIpc) is 2.43. The number of para-hydroxylation sites is 1. The Bertz CT molecular complexity index is 590. The molecule has 1 atom stereocenters. The smallest absolute Gasteiger partial charge is 0.129 e. The van der Waals surface area contributed by atoms with Crippen LogP contribution in [0.15, 0.2) is 42.5 Å². The van der Waals surface area contributed by atoms with E-state index in [1.807, 2.05) is 0 Å². The molecule has 0 fully saturated rings. The van der Waals surface area contributed by atoms with Gasteiger partial charge in [-0.2, -0.15) is 0 Å². The van der Waals surface area contributed by atoms with Gasteiger partial charge in [-0.15, -0.1) is 0 Å². The zero-order valence-corrected chi connectivity index (χ0v) is 10.7. The first kappa shape index (κ1) is 14.4. The minimum Gasteiger partial charge on any atom is -0.508 e. The Labute approximate surface area is 115 Å². The number of hydrogen-bond donors (Lipinski definition) is 3. The van der Waals surface area contributed by atoms with Crippen LogP contribution < -0.4 is 5.32 Å². The molecule has 0 bridgehead atoms. The van der Waals surface area contributed by atoms with E-state index in [-0.39, 0.29) is 17.9 Å². The van der Waals surface area contributed by atoms with E-state index < -0.39 is 17.7 Å². The van der Waals surface area contributed by atoms with Gasteiger partial charge in [0.05, 0.1) is 6.10 Å². The molecule has 2 rings (SSSR count). The van der Waals surface area contributed by atoms with Gasteiger partial charge in [0.2, 0.25) is 0 Å². The summed E-state index contributed by atoms with van der Waals surface area (Å²) in [5.74, 6) is -1.10. The lowest BCUT2D eigenvalue weighted by molar-refractivity contribution is 0.169. The Morgan fingerprint density at radius 3 is 2.60 bits per heavy atom. The van der Waals surface area contributed by atoms with Gasteiger partial charge in [0.1, 0.15) is 17.4 Å². The Hall–Kier alpha value is -1.98. The first-order chi connectivity index (χ1) is 9.58. The fraction of sp³-hybridized carbons (Fsp3) is 0.200. The molecule has 0 aliphatic carbocycles. The molecule has 2 aromatic carbocycles. The SMILES string of the molecule is Oc1ccccc1CNCC(O)c1cc(F)ccc1F. The van der Waals surface area contributed by atoms with Crippen LogP contribution in [0.4, 0.5) is 8.78 Å². The highest BCUT2D eigenvalue weighted by Crippen LogP contribution is 2.19. The molecule has 0 heterocycles. The Kier molecular flexibility index (Phi) is 4.65. The summed E-state index contributed by atoms with van der Waals surface area (Å²) in [6, 6.07) is 9.73. The van der Waals surface area contributed by atoms with E-state index in [1.165, 1.54) is 0 Å². The lowest BCUT2D eigenvalue weighted by Crippen LogP contribution is -2.21. The van der Waals surface area contributed by atoms with Crippen molar-refractivity contribution in [2.45, 2.75) is 12.6 Å². The lowest BCUT2D eigenvalue weighted by atomic mass is 10.1. The number of hydrogen-bond acceptors (Lipinski definition) is 3. The van der Waals surface area contributed by atoms with Gasteiger partial charge in [0.15, 0.2) is 0 Å². The van der Waals surface area contributed by atoms with Crippen molar-refractivity contribution in [2.24, 2.45) is 0 Å². The third-order valence-electron chi connectivity index (χ3n) is 2.96. The number of rotatable bonds is 5. The molecule has 3 nitrogen and oxygen atoms in total. The Morgan fingerprint density at radius 1 is 1.10 bits per heavy atom. The molecule has 0 saturated heterocycles. The molecule has 0 aliphatic heterocycles. The number of phenols is 1. The predicted octanol–water partition coefficient (Wildman–Crippen LogP) is 2.49. The molecule has 0 aliphatic rings. The molecule has 0 spiro atoms. The van der Waals surface area contributed by atoms with Crippen molar-refractivity contribution in [2.75, 3.05) is 6.54 Å². The highest BCUT2D eigenvalue weighted by atomic mass is 19.1. The fourth-order valence-corrected chi connectivity index (χ4v) is 1.88. The van der Waals surface area contributed by atoms with E-state index in [0.717, 1.165) is 18.2 Å². The molecule has 3 N–H and O–H groups in total. The molecule has 5 heteroatoms. The number of halogens is 2. The highest BCUT2D eigenvalue weighted by molar-refractivity contribution is 5.31. The number of nitrogens with one attached hydrogen (secondary N) is 1. The Morgan fingerprint density at radius 2 is 1.85 bits per heavy atom. The van der Waals surface area contributed by atoms with Crippen molar-refractivity contribution in [1.29, 1.82) is 0 Å². The van der Waals surface area contributed by atoms with Crippen molar-refractivity contribution >= 4 is 0 Å². The number of benzene rings is 2. The molecule has 0 saturated carbocycles. The first-order valence-electron chi connectivity index (χ1n) is 6.18. The Balaban J connectivity index is 1.94. The summed E-state index contributed by atoms with van der Waals surface area (Å²) < 4.78 is 26.5. The van der Waals surface area contributed by atoms with Crippen LogP contribution in [0.2, 0.25) is 0 Å². The molecule has 2 aromatic rings. The summed E-state index contributed by atoms with van der Waals surface area (Å²) in [6.45, 7) is 0.370. The molecular formula is C15H15F2NO2. The summed E-state index contributed by atoms with van der Waals surface area (Å²) in [5.41, 5.74) is 0.578. The molecular weight excluding hydrogens is 264 g/mol. The van der Waals surface area contributed by atoms with Gasteiger partial charge in [-0.05, 0) is 24.3 Å². The van der Waals surface area contributed by atoms with E-state index in [9.17, 15) is 19.0 Å². The normalized spacial score (nSPS) is 12.3. The second kappa shape index (κ2) is 6.45. The average molecular weight is 279 g/mol. The topological polar surface area (TPSA) is 52.5 Å². The lowest BCUT2D eigenvalue weighted by Gasteiger charge is -2.13. The third kappa shape index (κ3) is 3.53. The van der Waals surface area contributed by atoms with Gasteiger partial charge in [0.25, 0.3) is 0 Å². The van der Waals surface area contributed by atoms with Gasteiger partial charge in [0, 0.05) is 24.2 Å². The summed E-state index contributed by atoms with van der Waals surface area (Å²) in [7, 11) is 0. The second-order valence-electron chi connectivity index (χ2n) is 4.44. The van der Waals surface area contributed by atoms with Crippen molar-refractivity contribution < 1.29 is 19.0 Å². The highest BCUT2D eigenvalue weighted by Gasteiger charge is 2.13. The molecule has 0 aromatic heterocycles. The van der Waals surface area contributed by atoms with E-state index in [0.29, 0.717) is 12.1 Å². The number of aliphatic hydroxyl groups is 1. The van der Waals surface area contributed by atoms with Crippen LogP contribution in [-0.4, -0.2) is 16.8 Å². The van der Waals surface area contributed by atoms with Crippen LogP contribution in [0.5, 0.6) is 5.75 Å². The van der Waals surface area contributed by atoms with Gasteiger partial charge in [-0.25, -0.2) is 8.78 Å². The van der Waals surface area contributed by atoms with E-state index in [4.69, 9.17) is 0 Å². The minimum atomic E-state index is -1.16. The van der Waals surface area contributed by atoms with E-state index in [1.54, 1.807) is 24.3 Å². The summed E-state index contributed by atoms with van der Waals surface area (Å²) >= 11 is 0. The minimum absolute atomic E-state index is 0.0503. The summed E-state index contributed by atoms with van der Waals surface area (Å²) in [6.07, 6.45) is -1.16. The van der Waals surface area contributed by atoms with Crippen molar-refractivity contribution in [3.8, 4) is 5.75 Å². The van der Waals surface area contributed by atoms with Crippen molar-refractivity contribution in [1.82, 2.24) is 5.32 Å². The van der Waals surface area contributed by atoms with Gasteiger partial charge in [-0.3, -0.25) is 0 Å².